The summed E-state index contributed by atoms with van der Waals surface area (Å²) >= 11 is 1.08. The molecule has 1 aromatic carbocycles. The topological polar surface area (TPSA) is 74.7 Å². The van der Waals surface area contributed by atoms with Gasteiger partial charge in [-0.2, -0.15) is 0 Å². The number of fused-ring (bicyclic) bond motifs is 1. The van der Waals surface area contributed by atoms with Gasteiger partial charge in [-0.05, 0) is 29.7 Å². The van der Waals surface area contributed by atoms with Crippen LogP contribution in [0.1, 0.15) is 10.4 Å². The summed E-state index contributed by atoms with van der Waals surface area (Å²) in [5.41, 5.74) is 0.503. The van der Waals surface area contributed by atoms with Gasteiger partial charge in [-0.25, -0.2) is 8.42 Å². The molecule has 19 heavy (non-hydrogen) atoms. The standard InChI is InChI=1S/C12H13NO4S2/c1-13(2)12(15)8-3-4-10-9(5-8)6-11(18-10)19(16,17)7-14/h3-6,14H,7H2,1-2H3. The van der Waals surface area contributed by atoms with Gasteiger partial charge >= 0.3 is 0 Å². The maximum Gasteiger partial charge on any atom is 0.253 e. The predicted molar refractivity (Wildman–Crippen MR) is 74.1 cm³/mol. The van der Waals surface area contributed by atoms with Crippen LogP contribution in [0, 0.1) is 0 Å². The second kappa shape index (κ2) is 4.92. The average Bonchev–Trinajstić information content (AvgIpc) is 2.81. The number of nitrogens with zero attached hydrogens (tertiary/aromatic N) is 1. The Morgan fingerprint density at radius 2 is 2.00 bits per heavy atom. The van der Waals surface area contributed by atoms with E-state index in [-0.39, 0.29) is 10.1 Å². The second-order valence-electron chi connectivity index (χ2n) is 4.26. The number of carbonyl (C=O) groups excluding carboxylic acids is 1. The van der Waals surface area contributed by atoms with E-state index in [1.54, 1.807) is 32.3 Å². The van der Waals surface area contributed by atoms with E-state index in [1.807, 2.05) is 0 Å². The molecule has 0 spiro atoms. The maximum absolute atomic E-state index is 11.8. The highest BCUT2D eigenvalue weighted by Crippen LogP contribution is 2.30. The van der Waals surface area contributed by atoms with Gasteiger partial charge in [0.25, 0.3) is 5.91 Å². The summed E-state index contributed by atoms with van der Waals surface area (Å²) in [5.74, 6) is -1.05. The van der Waals surface area contributed by atoms with Gasteiger partial charge in [0.2, 0.25) is 9.84 Å². The summed E-state index contributed by atoms with van der Waals surface area (Å²) in [6, 6.07) is 6.52. The van der Waals surface area contributed by atoms with Gasteiger partial charge in [0.15, 0.2) is 0 Å². The second-order valence-corrected chi connectivity index (χ2v) is 7.53. The molecule has 7 heteroatoms. The highest BCUT2D eigenvalue weighted by atomic mass is 32.2. The summed E-state index contributed by atoms with van der Waals surface area (Å²) in [5, 5.41) is 9.53. The smallest absolute Gasteiger partial charge is 0.253 e. The molecule has 0 aliphatic carbocycles. The van der Waals surface area contributed by atoms with Crippen molar-refractivity contribution in [3.05, 3.63) is 29.8 Å². The number of aliphatic hydroxyl groups is 1. The maximum atomic E-state index is 11.8. The molecule has 1 amide bonds. The zero-order chi connectivity index (χ0) is 14.2. The first-order chi connectivity index (χ1) is 8.85. The number of aliphatic hydroxyl groups excluding tert-OH is 1. The zero-order valence-electron chi connectivity index (χ0n) is 10.5. The van der Waals surface area contributed by atoms with Gasteiger partial charge in [0, 0.05) is 24.4 Å². The highest BCUT2D eigenvalue weighted by molar-refractivity contribution is 7.93. The summed E-state index contributed by atoms with van der Waals surface area (Å²) < 4.78 is 24.0. The van der Waals surface area contributed by atoms with E-state index >= 15 is 0 Å². The highest BCUT2D eigenvalue weighted by Gasteiger charge is 2.17. The Bertz CT molecular complexity index is 731. The molecular formula is C12H13NO4S2. The number of thiophene rings is 1. The first-order valence-corrected chi connectivity index (χ1v) is 7.91. The molecule has 0 bridgehead atoms. The van der Waals surface area contributed by atoms with Crippen molar-refractivity contribution in [2.75, 3.05) is 20.0 Å². The molecule has 102 valence electrons. The van der Waals surface area contributed by atoms with Crippen LogP contribution in [0.25, 0.3) is 10.1 Å². The lowest BCUT2D eigenvalue weighted by atomic mass is 10.1. The van der Waals surface area contributed by atoms with Crippen molar-refractivity contribution >= 4 is 37.2 Å². The van der Waals surface area contributed by atoms with Crippen molar-refractivity contribution in [2.24, 2.45) is 0 Å². The third-order valence-corrected chi connectivity index (χ3v) is 5.62. The SMILES string of the molecule is CN(C)C(=O)c1ccc2sc(S(=O)(=O)CO)cc2c1. The molecule has 0 unspecified atom stereocenters. The van der Waals surface area contributed by atoms with Crippen molar-refractivity contribution in [1.82, 2.24) is 4.90 Å². The van der Waals surface area contributed by atoms with Crippen LogP contribution in [0.4, 0.5) is 0 Å². The predicted octanol–water partition coefficient (Wildman–Crippen LogP) is 1.33. The molecular weight excluding hydrogens is 286 g/mol. The molecule has 1 N–H and O–H groups in total. The van der Waals surface area contributed by atoms with Crippen LogP contribution in [0.5, 0.6) is 0 Å². The Morgan fingerprint density at radius 1 is 1.32 bits per heavy atom. The molecule has 1 aromatic heterocycles. The van der Waals surface area contributed by atoms with Crippen LogP contribution in [0.15, 0.2) is 28.5 Å². The van der Waals surface area contributed by atoms with Crippen LogP contribution in [-0.2, 0) is 9.84 Å². The van der Waals surface area contributed by atoms with Crippen molar-refractivity contribution in [1.29, 1.82) is 0 Å². The molecule has 0 saturated carbocycles. The largest absolute Gasteiger partial charge is 0.380 e. The molecule has 0 saturated heterocycles. The molecule has 0 fully saturated rings. The number of carbonyl (C=O) groups is 1. The van der Waals surface area contributed by atoms with Crippen molar-refractivity contribution < 1.29 is 18.3 Å². The molecule has 0 aliphatic rings. The first kappa shape index (κ1) is 14.0. The van der Waals surface area contributed by atoms with Gasteiger partial charge < -0.3 is 10.0 Å². The van der Waals surface area contributed by atoms with E-state index in [9.17, 15) is 13.2 Å². The number of amides is 1. The third kappa shape index (κ3) is 2.63. The van der Waals surface area contributed by atoms with E-state index in [0.717, 1.165) is 16.0 Å². The summed E-state index contributed by atoms with van der Waals surface area (Å²) in [6.07, 6.45) is 0. The van der Waals surface area contributed by atoms with Gasteiger partial charge in [0.05, 0.1) is 0 Å². The molecule has 5 nitrogen and oxygen atoms in total. The molecule has 1 heterocycles. The van der Waals surface area contributed by atoms with Gasteiger partial charge in [-0.3, -0.25) is 4.79 Å². The van der Waals surface area contributed by atoms with Crippen LogP contribution >= 0.6 is 11.3 Å². The Hall–Kier alpha value is -1.44. The Balaban J connectivity index is 2.54. The molecule has 0 atom stereocenters. The minimum Gasteiger partial charge on any atom is -0.380 e. The molecule has 0 aliphatic heterocycles. The lowest BCUT2D eigenvalue weighted by Crippen LogP contribution is -2.21. The number of hydrogen-bond acceptors (Lipinski definition) is 5. The van der Waals surface area contributed by atoms with Crippen LogP contribution in [0.3, 0.4) is 0 Å². The number of rotatable bonds is 3. The average molecular weight is 299 g/mol. The number of hydrogen-bond donors (Lipinski definition) is 1. The zero-order valence-corrected chi connectivity index (χ0v) is 12.1. The Morgan fingerprint density at radius 3 is 2.58 bits per heavy atom. The normalized spacial score (nSPS) is 11.7. The monoisotopic (exact) mass is 299 g/mol. The van der Waals surface area contributed by atoms with Gasteiger partial charge in [-0.15, -0.1) is 11.3 Å². The van der Waals surface area contributed by atoms with Crippen LogP contribution in [0.2, 0.25) is 0 Å². The molecule has 2 rings (SSSR count). The van der Waals surface area contributed by atoms with Gasteiger partial charge in [-0.1, -0.05) is 0 Å². The summed E-state index contributed by atoms with van der Waals surface area (Å²) in [4.78, 5) is 13.3. The summed E-state index contributed by atoms with van der Waals surface area (Å²) in [6.45, 7) is 0. The van der Waals surface area contributed by atoms with Crippen molar-refractivity contribution in [2.45, 2.75) is 4.21 Å². The minimum atomic E-state index is -3.63. The fourth-order valence-corrected chi connectivity index (χ4v) is 3.77. The van der Waals surface area contributed by atoms with Crippen LogP contribution in [-0.4, -0.2) is 44.4 Å². The van der Waals surface area contributed by atoms with Crippen LogP contribution < -0.4 is 0 Å². The Labute approximate surface area is 115 Å². The molecule has 0 radical (unpaired) electrons. The van der Waals surface area contributed by atoms with Gasteiger partial charge in [0.1, 0.15) is 10.1 Å². The van der Waals surface area contributed by atoms with E-state index in [2.05, 4.69) is 0 Å². The lowest BCUT2D eigenvalue weighted by molar-refractivity contribution is 0.0828. The molecule has 2 aromatic rings. The van der Waals surface area contributed by atoms with Crippen molar-refractivity contribution in [3.63, 3.8) is 0 Å². The fourth-order valence-electron chi connectivity index (χ4n) is 1.63. The number of sulfone groups is 1. The van der Waals surface area contributed by atoms with E-state index in [4.69, 9.17) is 5.11 Å². The minimum absolute atomic E-state index is 0.111. The quantitative estimate of drug-likeness (QED) is 0.927. The van der Waals surface area contributed by atoms with E-state index in [1.165, 1.54) is 11.0 Å². The number of benzene rings is 1. The van der Waals surface area contributed by atoms with Crippen molar-refractivity contribution in [3.8, 4) is 0 Å². The summed E-state index contributed by atoms with van der Waals surface area (Å²) in [7, 11) is -0.322. The van der Waals surface area contributed by atoms with E-state index < -0.39 is 15.8 Å². The third-order valence-electron chi connectivity index (χ3n) is 2.62. The lowest BCUT2D eigenvalue weighted by Gasteiger charge is -2.09. The van der Waals surface area contributed by atoms with E-state index in [0.29, 0.717) is 10.9 Å². The fraction of sp³-hybridized carbons (Fsp3) is 0.250. The first-order valence-electron chi connectivity index (χ1n) is 5.44. The Kier molecular flexibility index (Phi) is 3.62.